The van der Waals surface area contributed by atoms with Crippen molar-refractivity contribution >= 4 is 11.7 Å². The first-order valence-electron chi connectivity index (χ1n) is 6.40. The molecule has 0 unspecified atom stereocenters. The predicted molar refractivity (Wildman–Crippen MR) is 78.7 cm³/mol. The molecule has 0 spiro atoms. The van der Waals surface area contributed by atoms with Crippen molar-refractivity contribution in [3.8, 4) is 11.8 Å². The van der Waals surface area contributed by atoms with Gasteiger partial charge in [-0.25, -0.2) is 0 Å². The molecule has 0 radical (unpaired) electrons. The molecule has 6 nitrogen and oxygen atoms in total. The Hall–Kier alpha value is -2.39. The number of nitro groups is 1. The van der Waals surface area contributed by atoms with Gasteiger partial charge >= 0.3 is 5.97 Å². The number of nitro benzene ring substituents is 1. The molecule has 0 amide bonds. The minimum absolute atomic E-state index is 0.0265. The summed E-state index contributed by atoms with van der Waals surface area (Å²) in [6.45, 7) is 2.18. The van der Waals surface area contributed by atoms with Gasteiger partial charge in [0.15, 0.2) is 0 Å². The Kier molecular flexibility index (Phi) is 6.37. The Bertz CT molecular complexity index is 557. The highest BCUT2D eigenvalue weighted by molar-refractivity contribution is 5.76. The lowest BCUT2D eigenvalue weighted by atomic mass is 10.0. The van der Waals surface area contributed by atoms with E-state index < -0.39 is 11.0 Å². The maximum Gasteiger partial charge on any atom is 0.323 e. The highest BCUT2D eigenvalue weighted by atomic mass is 16.6. The molecule has 21 heavy (non-hydrogen) atoms. The number of non-ortho nitro benzene ring substituents is 1. The highest BCUT2D eigenvalue weighted by Gasteiger charge is 2.24. The van der Waals surface area contributed by atoms with E-state index in [-0.39, 0.29) is 11.7 Å². The molecule has 0 aliphatic heterocycles. The Balaban J connectivity index is 2.86. The minimum Gasteiger partial charge on any atom is -0.468 e. The van der Waals surface area contributed by atoms with E-state index in [2.05, 4.69) is 11.8 Å². The number of likely N-dealkylation sites (N-methyl/N-ethyl adjacent to an activating group) is 1. The number of methoxy groups -OCH3 is 1. The van der Waals surface area contributed by atoms with Gasteiger partial charge < -0.3 is 4.74 Å². The Morgan fingerprint density at radius 1 is 1.43 bits per heavy atom. The molecule has 0 aromatic heterocycles. The number of carbonyl (C=O) groups excluding carboxylic acids is 1. The molecule has 0 aliphatic carbocycles. The van der Waals surface area contributed by atoms with Gasteiger partial charge in [-0.1, -0.05) is 18.1 Å². The summed E-state index contributed by atoms with van der Waals surface area (Å²) >= 11 is 0. The van der Waals surface area contributed by atoms with Gasteiger partial charge in [0.2, 0.25) is 0 Å². The normalized spacial score (nSPS) is 11.4. The van der Waals surface area contributed by atoms with Crippen molar-refractivity contribution in [1.82, 2.24) is 4.90 Å². The van der Waals surface area contributed by atoms with Crippen molar-refractivity contribution in [2.24, 2.45) is 0 Å². The van der Waals surface area contributed by atoms with E-state index >= 15 is 0 Å². The summed E-state index contributed by atoms with van der Waals surface area (Å²) in [5, 5.41) is 10.6. The Morgan fingerprint density at radius 2 is 2.05 bits per heavy atom. The molecule has 0 saturated heterocycles. The third-order valence-electron chi connectivity index (χ3n) is 3.09. The zero-order chi connectivity index (χ0) is 15.8. The molecule has 0 bridgehead atoms. The van der Waals surface area contributed by atoms with Gasteiger partial charge in [0.05, 0.1) is 18.6 Å². The van der Waals surface area contributed by atoms with E-state index in [0.717, 1.165) is 5.56 Å². The van der Waals surface area contributed by atoms with Crippen LogP contribution >= 0.6 is 0 Å². The summed E-state index contributed by atoms with van der Waals surface area (Å²) in [7, 11) is 3.13. The van der Waals surface area contributed by atoms with Crippen LogP contribution < -0.4 is 0 Å². The van der Waals surface area contributed by atoms with Crippen LogP contribution in [0.1, 0.15) is 12.5 Å². The summed E-state index contributed by atoms with van der Waals surface area (Å²) in [4.78, 5) is 23.8. The summed E-state index contributed by atoms with van der Waals surface area (Å²) in [5.41, 5.74) is 0.853. The van der Waals surface area contributed by atoms with Crippen molar-refractivity contribution in [2.75, 3.05) is 20.7 Å². The number of esters is 1. The average Bonchev–Trinajstić information content (AvgIpc) is 2.49. The van der Waals surface area contributed by atoms with Crippen LogP contribution in [0.15, 0.2) is 24.3 Å². The fourth-order valence-corrected chi connectivity index (χ4v) is 1.85. The number of nitrogens with zero attached hydrogens (tertiary/aromatic N) is 2. The molecule has 0 N–H and O–H groups in total. The zero-order valence-electron chi connectivity index (χ0n) is 12.3. The Morgan fingerprint density at radius 3 is 2.52 bits per heavy atom. The quantitative estimate of drug-likeness (QED) is 0.344. The molecular weight excluding hydrogens is 272 g/mol. The molecule has 0 aliphatic rings. The molecule has 6 heteroatoms. The van der Waals surface area contributed by atoms with Crippen LogP contribution in [0.4, 0.5) is 5.69 Å². The lowest BCUT2D eigenvalue weighted by Gasteiger charge is -2.24. The first-order valence-corrected chi connectivity index (χ1v) is 6.40. The van der Waals surface area contributed by atoms with Crippen molar-refractivity contribution < 1.29 is 14.5 Å². The summed E-state index contributed by atoms with van der Waals surface area (Å²) in [6.07, 6.45) is 0.409. The summed E-state index contributed by atoms with van der Waals surface area (Å²) in [5.74, 6) is 5.32. The SMILES string of the molecule is CC#CCN(C)[C@@H](Cc1ccc([N+](=O)[O-])cc1)C(=O)OC. The molecule has 0 saturated carbocycles. The second kappa shape index (κ2) is 8.02. The lowest BCUT2D eigenvalue weighted by molar-refractivity contribution is -0.384. The summed E-state index contributed by atoms with van der Waals surface area (Å²) in [6, 6.07) is 5.67. The number of hydrogen-bond acceptors (Lipinski definition) is 5. The van der Waals surface area contributed by atoms with Crippen LogP contribution in [-0.2, 0) is 16.0 Å². The zero-order valence-corrected chi connectivity index (χ0v) is 12.3. The molecule has 112 valence electrons. The topological polar surface area (TPSA) is 72.7 Å². The molecule has 0 fully saturated rings. The molecule has 1 aromatic rings. The van der Waals surface area contributed by atoms with Crippen LogP contribution in [0.5, 0.6) is 0 Å². The fourth-order valence-electron chi connectivity index (χ4n) is 1.85. The van der Waals surface area contributed by atoms with Gasteiger partial charge in [0, 0.05) is 12.1 Å². The second-order valence-electron chi connectivity index (χ2n) is 4.51. The number of hydrogen-bond donors (Lipinski definition) is 0. The molecule has 1 aromatic carbocycles. The van der Waals surface area contributed by atoms with Crippen molar-refractivity contribution in [1.29, 1.82) is 0 Å². The van der Waals surface area contributed by atoms with Crippen molar-refractivity contribution in [3.63, 3.8) is 0 Å². The summed E-state index contributed by atoms with van der Waals surface area (Å²) < 4.78 is 4.81. The number of rotatable bonds is 6. The van der Waals surface area contributed by atoms with E-state index in [4.69, 9.17) is 4.74 Å². The molecular formula is C15H18N2O4. The number of ether oxygens (including phenoxy) is 1. The van der Waals surface area contributed by atoms with Gasteiger partial charge in [-0.3, -0.25) is 19.8 Å². The molecule has 1 rings (SSSR count). The van der Waals surface area contributed by atoms with Gasteiger partial charge in [-0.05, 0) is 26.0 Å². The maximum absolute atomic E-state index is 11.9. The van der Waals surface area contributed by atoms with Crippen LogP contribution in [-0.4, -0.2) is 42.5 Å². The van der Waals surface area contributed by atoms with E-state index in [1.807, 2.05) is 0 Å². The predicted octanol–water partition coefficient (Wildman–Crippen LogP) is 1.63. The van der Waals surface area contributed by atoms with Gasteiger partial charge in [0.1, 0.15) is 6.04 Å². The van der Waals surface area contributed by atoms with Crippen molar-refractivity contribution in [2.45, 2.75) is 19.4 Å². The van der Waals surface area contributed by atoms with Gasteiger partial charge in [-0.15, -0.1) is 5.92 Å². The molecule has 1 atom stereocenters. The third-order valence-corrected chi connectivity index (χ3v) is 3.09. The number of carbonyl (C=O) groups is 1. The average molecular weight is 290 g/mol. The van der Waals surface area contributed by atoms with E-state index in [1.165, 1.54) is 19.2 Å². The first-order chi connectivity index (χ1) is 9.99. The number of benzene rings is 1. The van der Waals surface area contributed by atoms with Crippen LogP contribution in [0.25, 0.3) is 0 Å². The Labute approximate surface area is 123 Å². The van der Waals surface area contributed by atoms with E-state index in [1.54, 1.807) is 31.0 Å². The van der Waals surface area contributed by atoms with Crippen LogP contribution in [0.2, 0.25) is 0 Å². The molecule has 0 heterocycles. The third kappa shape index (κ3) is 4.89. The van der Waals surface area contributed by atoms with Gasteiger partial charge in [-0.2, -0.15) is 0 Å². The first kappa shape index (κ1) is 16.7. The van der Waals surface area contributed by atoms with Crippen LogP contribution in [0.3, 0.4) is 0 Å². The van der Waals surface area contributed by atoms with E-state index in [0.29, 0.717) is 13.0 Å². The monoisotopic (exact) mass is 290 g/mol. The lowest BCUT2D eigenvalue weighted by Crippen LogP contribution is -2.41. The standard InChI is InChI=1S/C15H18N2O4/c1-4-5-10-16(2)14(15(18)21-3)11-12-6-8-13(9-7-12)17(19)20/h6-9,14H,10-11H2,1-3H3/t14-/m0/s1. The fraction of sp³-hybridized carbons (Fsp3) is 0.400. The minimum atomic E-state index is -0.475. The highest BCUT2D eigenvalue weighted by Crippen LogP contribution is 2.15. The van der Waals surface area contributed by atoms with Gasteiger partial charge in [0.25, 0.3) is 5.69 Å². The van der Waals surface area contributed by atoms with Crippen molar-refractivity contribution in [3.05, 3.63) is 39.9 Å². The van der Waals surface area contributed by atoms with Crippen LogP contribution in [0, 0.1) is 22.0 Å². The maximum atomic E-state index is 11.9. The second-order valence-corrected chi connectivity index (χ2v) is 4.51. The largest absolute Gasteiger partial charge is 0.468 e. The smallest absolute Gasteiger partial charge is 0.323 e. The van der Waals surface area contributed by atoms with E-state index in [9.17, 15) is 14.9 Å².